The zero-order valence-electron chi connectivity index (χ0n) is 10.5. The van der Waals surface area contributed by atoms with Crippen molar-refractivity contribution in [2.75, 3.05) is 12.8 Å². The summed E-state index contributed by atoms with van der Waals surface area (Å²) in [5, 5.41) is 0. The fourth-order valence-electron chi connectivity index (χ4n) is 1.74. The van der Waals surface area contributed by atoms with Crippen LogP contribution in [0.3, 0.4) is 0 Å². The second-order valence-electron chi connectivity index (χ2n) is 3.95. The molecule has 0 saturated heterocycles. The first-order chi connectivity index (χ1) is 8.72. The van der Waals surface area contributed by atoms with Crippen LogP contribution in [0.2, 0.25) is 0 Å². The van der Waals surface area contributed by atoms with Gasteiger partial charge < -0.3 is 15.2 Å². The lowest BCUT2D eigenvalue weighted by Crippen LogP contribution is -2.03. The molecular weight excluding hydrogens is 228 g/mol. The number of nitrogen functional groups attached to an aromatic ring is 1. The highest BCUT2D eigenvalue weighted by atomic mass is 16.5. The van der Waals surface area contributed by atoms with Gasteiger partial charge in [-0.15, -0.1) is 0 Å². The molecule has 4 heteroatoms. The molecule has 18 heavy (non-hydrogen) atoms. The summed E-state index contributed by atoms with van der Waals surface area (Å²) in [5.74, 6) is 1.29. The normalized spacial score (nSPS) is 10.1. The maximum atomic E-state index is 5.88. The molecule has 1 aromatic heterocycles. The minimum Gasteiger partial charge on any atom is -0.486 e. The van der Waals surface area contributed by atoms with Crippen LogP contribution in [0.4, 0.5) is 5.69 Å². The number of hydrogen-bond acceptors (Lipinski definition) is 4. The number of ether oxygens (including phenoxy) is 2. The molecule has 1 aromatic carbocycles. The van der Waals surface area contributed by atoms with Gasteiger partial charge in [-0.2, -0.15) is 0 Å². The van der Waals surface area contributed by atoms with Crippen molar-refractivity contribution >= 4 is 5.69 Å². The third-order valence-corrected chi connectivity index (χ3v) is 2.66. The molecule has 0 fully saturated rings. The smallest absolute Gasteiger partial charge is 0.219 e. The minimum atomic E-state index is 0.381. The number of para-hydroxylation sites is 1. The van der Waals surface area contributed by atoms with Gasteiger partial charge in [0.25, 0.3) is 0 Å². The van der Waals surface area contributed by atoms with Gasteiger partial charge >= 0.3 is 0 Å². The van der Waals surface area contributed by atoms with Crippen LogP contribution in [-0.2, 0) is 6.61 Å². The molecular formula is C14H16N2O2. The second kappa shape index (κ2) is 5.40. The van der Waals surface area contributed by atoms with Crippen molar-refractivity contribution in [1.29, 1.82) is 0 Å². The fraction of sp³-hybridized carbons (Fsp3) is 0.214. The highest BCUT2D eigenvalue weighted by Gasteiger charge is 2.07. The molecule has 0 unspecified atom stereocenters. The van der Waals surface area contributed by atoms with E-state index in [0.29, 0.717) is 23.9 Å². The fourth-order valence-corrected chi connectivity index (χ4v) is 1.74. The predicted molar refractivity (Wildman–Crippen MR) is 70.7 cm³/mol. The van der Waals surface area contributed by atoms with E-state index in [4.69, 9.17) is 15.2 Å². The molecule has 4 nitrogen and oxygen atoms in total. The Morgan fingerprint density at radius 3 is 2.78 bits per heavy atom. The molecule has 0 saturated carbocycles. The number of rotatable bonds is 4. The van der Waals surface area contributed by atoms with Crippen LogP contribution in [0, 0.1) is 6.92 Å². The highest BCUT2D eigenvalue weighted by Crippen LogP contribution is 2.27. The molecule has 0 atom stereocenters. The number of hydrogen-bond donors (Lipinski definition) is 1. The Morgan fingerprint density at radius 1 is 1.22 bits per heavy atom. The Morgan fingerprint density at radius 2 is 2.06 bits per heavy atom. The summed E-state index contributed by atoms with van der Waals surface area (Å²) in [6, 6.07) is 9.46. The Bertz CT molecular complexity index is 521. The van der Waals surface area contributed by atoms with Crippen molar-refractivity contribution in [2.24, 2.45) is 0 Å². The zero-order chi connectivity index (χ0) is 13.0. The Kier molecular flexibility index (Phi) is 3.67. The van der Waals surface area contributed by atoms with Gasteiger partial charge in [-0.25, -0.2) is 4.98 Å². The van der Waals surface area contributed by atoms with Gasteiger partial charge in [-0.1, -0.05) is 12.1 Å². The van der Waals surface area contributed by atoms with Gasteiger partial charge in [-0.3, -0.25) is 0 Å². The average Bonchev–Trinajstić information content (AvgIpc) is 2.38. The summed E-state index contributed by atoms with van der Waals surface area (Å²) in [6.45, 7) is 2.35. The van der Waals surface area contributed by atoms with Crippen molar-refractivity contribution in [2.45, 2.75) is 13.5 Å². The van der Waals surface area contributed by atoms with E-state index in [2.05, 4.69) is 4.98 Å². The topological polar surface area (TPSA) is 57.4 Å². The van der Waals surface area contributed by atoms with E-state index in [-0.39, 0.29) is 0 Å². The van der Waals surface area contributed by atoms with E-state index < -0.39 is 0 Å². The lowest BCUT2D eigenvalue weighted by atomic mass is 10.2. The number of methoxy groups -OCH3 is 1. The lowest BCUT2D eigenvalue weighted by molar-refractivity contribution is 0.293. The molecule has 1 heterocycles. The monoisotopic (exact) mass is 244 g/mol. The Hall–Kier alpha value is -2.23. The SMILES string of the molecule is COc1ncccc1COc1c(C)cccc1N. The molecule has 0 aliphatic rings. The van der Waals surface area contributed by atoms with Crippen molar-refractivity contribution in [1.82, 2.24) is 4.98 Å². The highest BCUT2D eigenvalue weighted by molar-refractivity contribution is 5.56. The molecule has 0 radical (unpaired) electrons. The molecule has 0 amide bonds. The standard InChI is InChI=1S/C14H16N2O2/c1-10-5-3-7-12(15)13(10)18-9-11-6-4-8-16-14(11)17-2/h3-8H,9,15H2,1-2H3. The summed E-state index contributed by atoms with van der Waals surface area (Å²) in [7, 11) is 1.59. The molecule has 2 rings (SSSR count). The van der Waals surface area contributed by atoms with E-state index in [1.54, 1.807) is 13.3 Å². The summed E-state index contributed by atoms with van der Waals surface area (Å²) < 4.78 is 10.9. The molecule has 0 bridgehead atoms. The summed E-state index contributed by atoms with van der Waals surface area (Å²) in [4.78, 5) is 4.12. The molecule has 2 aromatic rings. The van der Waals surface area contributed by atoms with E-state index in [9.17, 15) is 0 Å². The van der Waals surface area contributed by atoms with Crippen LogP contribution < -0.4 is 15.2 Å². The van der Waals surface area contributed by atoms with Crippen LogP contribution in [0.5, 0.6) is 11.6 Å². The van der Waals surface area contributed by atoms with Gasteiger partial charge in [0, 0.05) is 6.20 Å². The number of aromatic nitrogens is 1. The Labute approximate surface area is 106 Å². The predicted octanol–water partition coefficient (Wildman–Crippen LogP) is 2.56. The second-order valence-corrected chi connectivity index (χ2v) is 3.95. The molecule has 0 aliphatic carbocycles. The summed E-state index contributed by atoms with van der Waals surface area (Å²) in [5.41, 5.74) is 8.42. The van der Waals surface area contributed by atoms with Crippen LogP contribution in [-0.4, -0.2) is 12.1 Å². The van der Waals surface area contributed by atoms with Crippen LogP contribution >= 0.6 is 0 Å². The number of aryl methyl sites for hydroxylation is 1. The quantitative estimate of drug-likeness (QED) is 0.840. The average molecular weight is 244 g/mol. The maximum absolute atomic E-state index is 5.88. The first-order valence-corrected chi connectivity index (χ1v) is 5.68. The number of benzene rings is 1. The van der Waals surface area contributed by atoms with Gasteiger partial charge in [0.2, 0.25) is 5.88 Å². The van der Waals surface area contributed by atoms with E-state index >= 15 is 0 Å². The molecule has 2 N–H and O–H groups in total. The first-order valence-electron chi connectivity index (χ1n) is 5.68. The van der Waals surface area contributed by atoms with Crippen molar-refractivity contribution in [3.63, 3.8) is 0 Å². The third-order valence-electron chi connectivity index (χ3n) is 2.66. The number of anilines is 1. The number of nitrogens with zero attached hydrogens (tertiary/aromatic N) is 1. The van der Waals surface area contributed by atoms with Gasteiger partial charge in [0.15, 0.2) is 0 Å². The Balaban J connectivity index is 2.16. The van der Waals surface area contributed by atoms with E-state index in [1.165, 1.54) is 0 Å². The van der Waals surface area contributed by atoms with Gasteiger partial charge in [0.1, 0.15) is 12.4 Å². The molecule has 0 aliphatic heterocycles. The molecule has 94 valence electrons. The first kappa shape index (κ1) is 12.2. The third kappa shape index (κ3) is 2.53. The van der Waals surface area contributed by atoms with Crippen molar-refractivity contribution in [3.05, 3.63) is 47.7 Å². The lowest BCUT2D eigenvalue weighted by Gasteiger charge is -2.12. The van der Waals surface area contributed by atoms with E-state index in [1.807, 2.05) is 37.3 Å². The van der Waals surface area contributed by atoms with Crippen molar-refractivity contribution < 1.29 is 9.47 Å². The van der Waals surface area contributed by atoms with Gasteiger partial charge in [0.05, 0.1) is 18.4 Å². The van der Waals surface area contributed by atoms with Gasteiger partial charge in [-0.05, 0) is 30.7 Å². The zero-order valence-corrected chi connectivity index (χ0v) is 10.5. The van der Waals surface area contributed by atoms with Crippen LogP contribution in [0.15, 0.2) is 36.5 Å². The number of pyridine rings is 1. The minimum absolute atomic E-state index is 0.381. The van der Waals surface area contributed by atoms with E-state index in [0.717, 1.165) is 11.1 Å². The molecule has 0 spiro atoms. The van der Waals surface area contributed by atoms with Crippen molar-refractivity contribution in [3.8, 4) is 11.6 Å². The summed E-state index contributed by atoms with van der Waals surface area (Å²) in [6.07, 6.45) is 1.68. The largest absolute Gasteiger partial charge is 0.486 e. The number of nitrogens with two attached hydrogens (primary N) is 1. The van der Waals surface area contributed by atoms with Crippen LogP contribution in [0.1, 0.15) is 11.1 Å². The maximum Gasteiger partial charge on any atom is 0.219 e. The van der Waals surface area contributed by atoms with Crippen LogP contribution in [0.25, 0.3) is 0 Å². The summed E-state index contributed by atoms with van der Waals surface area (Å²) >= 11 is 0.